The Morgan fingerprint density at radius 3 is 2.64 bits per heavy atom. The summed E-state index contributed by atoms with van der Waals surface area (Å²) in [5, 5.41) is 1.16. The molecule has 0 saturated carbocycles. The fraction of sp³-hybridized carbons (Fsp3) is 0.318. The van der Waals surface area contributed by atoms with Gasteiger partial charge in [0.25, 0.3) is 0 Å². The zero-order valence-electron chi connectivity index (χ0n) is 15.7. The van der Waals surface area contributed by atoms with Crippen LogP contribution in [0.3, 0.4) is 0 Å². The fourth-order valence-corrected chi connectivity index (χ4v) is 3.71. The van der Waals surface area contributed by atoms with Crippen LogP contribution in [-0.4, -0.2) is 47.0 Å². The summed E-state index contributed by atoms with van der Waals surface area (Å²) in [6.45, 7) is 2.80. The lowest BCUT2D eigenvalue weighted by Gasteiger charge is -2.35. The molecule has 0 spiro atoms. The zero-order valence-corrected chi connectivity index (χ0v) is 15.7. The molecule has 3 aromatic rings. The summed E-state index contributed by atoms with van der Waals surface area (Å²) < 4.78 is 13.0. The van der Waals surface area contributed by atoms with Gasteiger partial charge in [0.05, 0.1) is 11.7 Å². The Morgan fingerprint density at radius 2 is 1.86 bits per heavy atom. The number of nitrogens with zero attached hydrogens (tertiary/aromatic N) is 4. The summed E-state index contributed by atoms with van der Waals surface area (Å²) >= 11 is 0. The molecule has 2 aromatic heterocycles. The lowest BCUT2D eigenvalue weighted by molar-refractivity contribution is -0.131. The number of pyridine rings is 2. The first kappa shape index (κ1) is 18.3. The number of piperazine rings is 1. The van der Waals surface area contributed by atoms with Gasteiger partial charge in [-0.2, -0.15) is 0 Å². The van der Waals surface area contributed by atoms with Crippen LogP contribution in [0.15, 0.2) is 54.9 Å². The van der Waals surface area contributed by atoms with Crippen molar-refractivity contribution in [2.45, 2.75) is 19.3 Å². The average Bonchev–Trinajstić information content (AvgIpc) is 2.74. The van der Waals surface area contributed by atoms with E-state index in [-0.39, 0.29) is 11.7 Å². The molecule has 0 radical (unpaired) electrons. The van der Waals surface area contributed by atoms with E-state index in [4.69, 9.17) is 0 Å². The summed E-state index contributed by atoms with van der Waals surface area (Å²) in [4.78, 5) is 25.1. The summed E-state index contributed by atoms with van der Waals surface area (Å²) in [5.74, 6) is 0.627. The highest BCUT2D eigenvalue weighted by Gasteiger charge is 2.21. The van der Waals surface area contributed by atoms with Gasteiger partial charge in [-0.1, -0.05) is 18.2 Å². The van der Waals surface area contributed by atoms with Gasteiger partial charge >= 0.3 is 0 Å². The molecule has 0 bridgehead atoms. The highest BCUT2D eigenvalue weighted by Crippen LogP contribution is 2.19. The van der Waals surface area contributed by atoms with E-state index in [0.29, 0.717) is 19.5 Å². The van der Waals surface area contributed by atoms with Crippen LogP contribution in [0.4, 0.5) is 10.2 Å². The molecular formula is C22H23FN4O. The highest BCUT2D eigenvalue weighted by molar-refractivity contribution is 5.82. The van der Waals surface area contributed by atoms with Crippen molar-refractivity contribution in [3.63, 3.8) is 0 Å². The third-order valence-corrected chi connectivity index (χ3v) is 5.24. The molecule has 0 unspecified atom stereocenters. The number of rotatable bonds is 5. The standard InChI is InChI=1S/C22H23FN4O/c23-18-9-10-21(25-16-18)26-12-14-27(15-13-26)22(28)8-2-5-17-4-1-7-20-19(17)6-3-11-24-20/h1,3-4,6-7,9-11,16H,2,5,8,12-15H2. The van der Waals surface area contributed by atoms with E-state index in [1.54, 1.807) is 12.3 Å². The lowest BCUT2D eigenvalue weighted by Crippen LogP contribution is -2.49. The van der Waals surface area contributed by atoms with E-state index in [0.717, 1.165) is 42.7 Å². The number of carbonyl (C=O) groups excluding carboxylic acids is 1. The quantitative estimate of drug-likeness (QED) is 0.682. The monoisotopic (exact) mass is 378 g/mol. The number of carbonyl (C=O) groups is 1. The normalized spacial score (nSPS) is 14.5. The molecule has 6 heteroatoms. The first-order valence-electron chi connectivity index (χ1n) is 9.67. The minimum atomic E-state index is -0.334. The average molecular weight is 378 g/mol. The Labute approximate surface area is 163 Å². The van der Waals surface area contributed by atoms with Crippen LogP contribution in [-0.2, 0) is 11.2 Å². The minimum absolute atomic E-state index is 0.199. The van der Waals surface area contributed by atoms with E-state index in [1.165, 1.54) is 17.8 Å². The van der Waals surface area contributed by atoms with E-state index in [9.17, 15) is 9.18 Å². The second kappa shape index (κ2) is 8.33. The number of anilines is 1. The van der Waals surface area contributed by atoms with Crippen molar-refractivity contribution < 1.29 is 9.18 Å². The predicted octanol–water partition coefficient (Wildman–Crippen LogP) is 3.44. The number of amides is 1. The lowest BCUT2D eigenvalue weighted by atomic mass is 10.0. The number of benzene rings is 1. The molecule has 3 heterocycles. The first-order valence-corrected chi connectivity index (χ1v) is 9.67. The molecule has 1 aliphatic heterocycles. The van der Waals surface area contributed by atoms with Gasteiger partial charge in [-0.25, -0.2) is 9.37 Å². The van der Waals surface area contributed by atoms with Crippen LogP contribution in [0.1, 0.15) is 18.4 Å². The predicted molar refractivity (Wildman–Crippen MR) is 108 cm³/mol. The maximum absolute atomic E-state index is 13.0. The Bertz CT molecular complexity index is 947. The van der Waals surface area contributed by atoms with Crippen LogP contribution in [0, 0.1) is 5.82 Å². The van der Waals surface area contributed by atoms with Crippen LogP contribution >= 0.6 is 0 Å². The van der Waals surface area contributed by atoms with Crippen molar-refractivity contribution in [3.8, 4) is 0 Å². The number of halogens is 1. The molecule has 0 N–H and O–H groups in total. The van der Waals surface area contributed by atoms with Crippen LogP contribution < -0.4 is 4.90 Å². The molecular weight excluding hydrogens is 355 g/mol. The number of hydrogen-bond donors (Lipinski definition) is 0. The molecule has 1 amide bonds. The second-order valence-corrected chi connectivity index (χ2v) is 7.04. The van der Waals surface area contributed by atoms with Crippen molar-refractivity contribution in [2.24, 2.45) is 0 Å². The third-order valence-electron chi connectivity index (χ3n) is 5.24. The number of aromatic nitrogens is 2. The molecule has 1 saturated heterocycles. The van der Waals surface area contributed by atoms with Crippen molar-refractivity contribution >= 4 is 22.6 Å². The van der Waals surface area contributed by atoms with Crippen molar-refractivity contribution in [1.29, 1.82) is 0 Å². The third kappa shape index (κ3) is 4.11. The van der Waals surface area contributed by atoms with Crippen molar-refractivity contribution in [2.75, 3.05) is 31.1 Å². The van der Waals surface area contributed by atoms with E-state index in [2.05, 4.69) is 27.0 Å². The van der Waals surface area contributed by atoms with Gasteiger partial charge in [0.1, 0.15) is 11.6 Å². The van der Waals surface area contributed by atoms with Crippen molar-refractivity contribution in [1.82, 2.24) is 14.9 Å². The molecule has 5 nitrogen and oxygen atoms in total. The molecule has 1 aromatic carbocycles. The molecule has 4 rings (SSSR count). The maximum atomic E-state index is 13.0. The number of aryl methyl sites for hydroxylation is 1. The summed E-state index contributed by atoms with van der Waals surface area (Å²) in [6, 6.07) is 13.3. The second-order valence-electron chi connectivity index (χ2n) is 7.04. The van der Waals surface area contributed by atoms with Crippen molar-refractivity contribution in [3.05, 3.63) is 66.2 Å². The Morgan fingerprint density at radius 1 is 1.00 bits per heavy atom. The van der Waals surface area contributed by atoms with E-state index >= 15 is 0 Å². The van der Waals surface area contributed by atoms with Gasteiger partial charge in [0.2, 0.25) is 5.91 Å². The number of hydrogen-bond acceptors (Lipinski definition) is 4. The topological polar surface area (TPSA) is 49.3 Å². The van der Waals surface area contributed by atoms with Crippen LogP contribution in [0.2, 0.25) is 0 Å². The van der Waals surface area contributed by atoms with E-state index < -0.39 is 0 Å². The van der Waals surface area contributed by atoms with Gasteiger partial charge < -0.3 is 9.80 Å². The highest BCUT2D eigenvalue weighted by atomic mass is 19.1. The molecule has 28 heavy (non-hydrogen) atoms. The van der Waals surface area contributed by atoms with E-state index in [1.807, 2.05) is 23.1 Å². The SMILES string of the molecule is O=C(CCCc1cccc2ncccc12)N1CCN(c2ccc(F)cn2)CC1. The number of fused-ring (bicyclic) bond motifs is 1. The fourth-order valence-electron chi connectivity index (χ4n) is 3.71. The summed E-state index contributed by atoms with van der Waals surface area (Å²) in [5.41, 5.74) is 2.24. The van der Waals surface area contributed by atoms with Crippen LogP contribution in [0.5, 0.6) is 0 Å². The Kier molecular flexibility index (Phi) is 5.46. The van der Waals surface area contributed by atoms with Gasteiger partial charge in [0.15, 0.2) is 0 Å². The molecule has 144 valence electrons. The first-order chi connectivity index (χ1) is 13.7. The van der Waals surface area contributed by atoms with Gasteiger partial charge in [-0.3, -0.25) is 9.78 Å². The Balaban J connectivity index is 1.27. The van der Waals surface area contributed by atoms with Crippen LogP contribution in [0.25, 0.3) is 10.9 Å². The van der Waals surface area contributed by atoms with Gasteiger partial charge in [0, 0.05) is 44.2 Å². The molecule has 0 atom stereocenters. The molecule has 1 fully saturated rings. The summed E-state index contributed by atoms with van der Waals surface area (Å²) in [6.07, 6.45) is 5.28. The van der Waals surface area contributed by atoms with Gasteiger partial charge in [-0.05, 0) is 42.7 Å². The zero-order chi connectivity index (χ0) is 19.3. The largest absolute Gasteiger partial charge is 0.353 e. The minimum Gasteiger partial charge on any atom is -0.353 e. The smallest absolute Gasteiger partial charge is 0.222 e. The summed E-state index contributed by atoms with van der Waals surface area (Å²) in [7, 11) is 0. The maximum Gasteiger partial charge on any atom is 0.222 e. The molecule has 1 aliphatic rings. The van der Waals surface area contributed by atoms with Gasteiger partial charge in [-0.15, -0.1) is 0 Å². The molecule has 0 aliphatic carbocycles. The Hall–Kier alpha value is -3.02.